The Morgan fingerprint density at radius 3 is 2.53 bits per heavy atom. The van der Waals surface area contributed by atoms with Crippen LogP contribution >= 0.6 is 0 Å². The highest BCUT2D eigenvalue weighted by atomic mass is 15.0. The molecule has 0 fully saturated rings. The third kappa shape index (κ3) is 3.18. The minimum Gasteiger partial charge on any atom is -0.309 e. The molecule has 2 nitrogen and oxygen atoms in total. The molecule has 0 aromatic heterocycles. The van der Waals surface area contributed by atoms with Gasteiger partial charge in [0.05, 0.1) is 0 Å². The lowest BCUT2D eigenvalue weighted by Crippen LogP contribution is -2.48. The van der Waals surface area contributed by atoms with E-state index in [-0.39, 0.29) is 0 Å². The second kappa shape index (κ2) is 6.53. The molecule has 2 rings (SSSR count). The topological polar surface area (TPSA) is 24.1 Å². The lowest BCUT2D eigenvalue weighted by atomic mass is 9.88. The second-order valence-corrected chi connectivity index (χ2v) is 5.68. The van der Waals surface area contributed by atoms with E-state index < -0.39 is 0 Å². The molecule has 1 aromatic carbocycles. The third-order valence-corrected chi connectivity index (χ3v) is 4.93. The molecule has 19 heavy (non-hydrogen) atoms. The first-order valence-corrected chi connectivity index (χ1v) is 7.81. The predicted molar refractivity (Wildman–Crippen MR) is 82.5 cm³/mol. The predicted octanol–water partition coefficient (Wildman–Crippen LogP) is 3.43. The highest BCUT2D eigenvalue weighted by molar-refractivity contribution is 5.32. The molecule has 1 aliphatic rings. The summed E-state index contributed by atoms with van der Waals surface area (Å²) < 4.78 is 0. The van der Waals surface area contributed by atoms with Gasteiger partial charge in [-0.1, -0.05) is 45.0 Å². The van der Waals surface area contributed by atoms with Gasteiger partial charge in [-0.25, -0.2) is 0 Å². The second-order valence-electron chi connectivity index (χ2n) is 5.68. The van der Waals surface area contributed by atoms with Gasteiger partial charge in [-0.2, -0.15) is 0 Å². The Bertz CT molecular complexity index is 388. The molecule has 1 heterocycles. The Balaban J connectivity index is 2.05. The first-order chi connectivity index (χ1) is 9.24. The highest BCUT2D eigenvalue weighted by Crippen LogP contribution is 2.24. The molecule has 1 aromatic rings. The fourth-order valence-electron chi connectivity index (χ4n) is 3.22. The summed E-state index contributed by atoms with van der Waals surface area (Å²) in [5.74, 6) is 0. The van der Waals surface area contributed by atoms with Gasteiger partial charge in [0.2, 0.25) is 0 Å². The van der Waals surface area contributed by atoms with E-state index in [4.69, 9.17) is 0 Å². The fourth-order valence-corrected chi connectivity index (χ4v) is 3.22. The Morgan fingerprint density at radius 2 is 1.84 bits per heavy atom. The van der Waals surface area contributed by atoms with Crippen molar-refractivity contribution >= 4 is 0 Å². The first-order valence-electron chi connectivity index (χ1n) is 7.81. The van der Waals surface area contributed by atoms with Gasteiger partial charge in [0.1, 0.15) is 0 Å². The number of benzene rings is 1. The Kier molecular flexibility index (Phi) is 5.00. The van der Waals surface area contributed by atoms with Gasteiger partial charge < -0.3 is 10.6 Å². The van der Waals surface area contributed by atoms with E-state index in [9.17, 15) is 0 Å². The smallest absolute Gasteiger partial charge is 0.0449 e. The molecule has 2 heteroatoms. The zero-order valence-corrected chi connectivity index (χ0v) is 12.6. The average molecular weight is 260 g/mol. The van der Waals surface area contributed by atoms with Crippen molar-refractivity contribution in [1.82, 2.24) is 10.6 Å². The third-order valence-electron chi connectivity index (χ3n) is 4.93. The van der Waals surface area contributed by atoms with Crippen molar-refractivity contribution in [2.24, 2.45) is 0 Å². The quantitative estimate of drug-likeness (QED) is 0.819. The molecule has 0 saturated heterocycles. The van der Waals surface area contributed by atoms with Crippen molar-refractivity contribution in [2.45, 2.75) is 58.0 Å². The molecule has 1 unspecified atom stereocenters. The molecule has 0 aliphatic carbocycles. The van der Waals surface area contributed by atoms with Gasteiger partial charge in [-0.3, -0.25) is 0 Å². The van der Waals surface area contributed by atoms with Gasteiger partial charge in [0.25, 0.3) is 0 Å². The molecular formula is C17H28N2. The van der Waals surface area contributed by atoms with Crippen molar-refractivity contribution in [3.05, 3.63) is 35.4 Å². The van der Waals surface area contributed by atoms with Crippen molar-refractivity contribution in [3.63, 3.8) is 0 Å². The molecular weight excluding hydrogens is 232 g/mol. The Morgan fingerprint density at radius 1 is 1.16 bits per heavy atom. The summed E-state index contributed by atoms with van der Waals surface area (Å²) in [4.78, 5) is 0. The maximum atomic E-state index is 3.83. The standard InChI is InChI=1S/C17H28N2/c1-4-17(5-2,6-3)19-13-16-15-10-8-7-9-14(15)11-12-18-16/h7-10,16,18-19H,4-6,11-13H2,1-3H3. The van der Waals surface area contributed by atoms with Crippen LogP contribution in [0.5, 0.6) is 0 Å². The van der Waals surface area contributed by atoms with Crippen LogP contribution in [-0.2, 0) is 6.42 Å². The number of hydrogen-bond acceptors (Lipinski definition) is 2. The van der Waals surface area contributed by atoms with Crippen LogP contribution in [0.15, 0.2) is 24.3 Å². The summed E-state index contributed by atoms with van der Waals surface area (Å²) in [5.41, 5.74) is 3.32. The van der Waals surface area contributed by atoms with Crippen LogP contribution in [0.4, 0.5) is 0 Å². The van der Waals surface area contributed by atoms with E-state index in [2.05, 4.69) is 55.7 Å². The maximum Gasteiger partial charge on any atom is 0.0449 e. The summed E-state index contributed by atoms with van der Waals surface area (Å²) in [5, 5.41) is 7.49. The van der Waals surface area contributed by atoms with Crippen LogP contribution in [0.25, 0.3) is 0 Å². The van der Waals surface area contributed by atoms with Crippen LogP contribution < -0.4 is 10.6 Å². The van der Waals surface area contributed by atoms with E-state index in [0.29, 0.717) is 11.6 Å². The number of fused-ring (bicyclic) bond motifs is 1. The molecule has 1 aliphatic heterocycles. The molecule has 0 saturated carbocycles. The maximum absolute atomic E-state index is 3.83. The van der Waals surface area contributed by atoms with Gasteiger partial charge in [-0.15, -0.1) is 0 Å². The summed E-state index contributed by atoms with van der Waals surface area (Å²) in [6.07, 6.45) is 4.77. The molecule has 1 atom stereocenters. The van der Waals surface area contributed by atoms with E-state index >= 15 is 0 Å². The van der Waals surface area contributed by atoms with Crippen LogP contribution in [0.3, 0.4) is 0 Å². The zero-order valence-electron chi connectivity index (χ0n) is 12.6. The zero-order chi connectivity index (χ0) is 13.7. The molecule has 0 amide bonds. The summed E-state index contributed by atoms with van der Waals surface area (Å²) >= 11 is 0. The summed E-state index contributed by atoms with van der Waals surface area (Å²) in [6, 6.07) is 9.33. The van der Waals surface area contributed by atoms with E-state index in [1.807, 2.05) is 0 Å². The van der Waals surface area contributed by atoms with Crippen molar-refractivity contribution in [3.8, 4) is 0 Å². The van der Waals surface area contributed by atoms with Crippen LogP contribution in [0, 0.1) is 0 Å². The molecule has 0 bridgehead atoms. The minimum atomic E-state index is 0.314. The van der Waals surface area contributed by atoms with Crippen molar-refractivity contribution in [2.75, 3.05) is 13.1 Å². The largest absolute Gasteiger partial charge is 0.309 e. The average Bonchev–Trinajstić information content (AvgIpc) is 2.49. The van der Waals surface area contributed by atoms with Crippen LogP contribution in [0.1, 0.15) is 57.2 Å². The fraction of sp³-hybridized carbons (Fsp3) is 0.647. The number of hydrogen-bond donors (Lipinski definition) is 2. The van der Waals surface area contributed by atoms with E-state index in [1.165, 1.54) is 30.4 Å². The van der Waals surface area contributed by atoms with Crippen molar-refractivity contribution < 1.29 is 0 Å². The number of nitrogens with one attached hydrogen (secondary N) is 2. The lowest BCUT2D eigenvalue weighted by Gasteiger charge is -2.35. The molecule has 0 radical (unpaired) electrons. The van der Waals surface area contributed by atoms with Crippen LogP contribution in [0.2, 0.25) is 0 Å². The Hall–Kier alpha value is -0.860. The van der Waals surface area contributed by atoms with E-state index in [1.54, 1.807) is 0 Å². The molecule has 106 valence electrons. The Labute approximate surface area is 118 Å². The van der Waals surface area contributed by atoms with Crippen LogP contribution in [-0.4, -0.2) is 18.6 Å². The molecule has 0 spiro atoms. The van der Waals surface area contributed by atoms with E-state index in [0.717, 1.165) is 19.5 Å². The SMILES string of the molecule is CCC(CC)(CC)NCC1NCCc2ccccc21. The normalized spacial score (nSPS) is 19.2. The first kappa shape index (κ1) is 14.5. The van der Waals surface area contributed by atoms with Gasteiger partial charge >= 0.3 is 0 Å². The van der Waals surface area contributed by atoms with Gasteiger partial charge in [-0.05, 0) is 43.4 Å². The monoisotopic (exact) mass is 260 g/mol. The minimum absolute atomic E-state index is 0.314. The summed E-state index contributed by atoms with van der Waals surface area (Å²) in [6.45, 7) is 9.01. The highest BCUT2D eigenvalue weighted by Gasteiger charge is 2.26. The van der Waals surface area contributed by atoms with Gasteiger partial charge in [0, 0.05) is 18.1 Å². The van der Waals surface area contributed by atoms with Crippen molar-refractivity contribution in [1.29, 1.82) is 0 Å². The number of rotatable bonds is 6. The lowest BCUT2D eigenvalue weighted by molar-refractivity contribution is 0.273. The molecule has 2 N–H and O–H groups in total. The van der Waals surface area contributed by atoms with Gasteiger partial charge in [0.15, 0.2) is 0 Å². The summed E-state index contributed by atoms with van der Waals surface area (Å²) in [7, 11) is 0.